The molecule has 0 aromatic carbocycles. The molecule has 0 aliphatic rings. The van der Waals surface area contributed by atoms with Crippen LogP contribution in [-0.2, 0) is 4.79 Å². The number of amides is 3. The molecule has 0 saturated heterocycles. The first-order valence-corrected chi connectivity index (χ1v) is 4.06. The molecule has 0 aromatic rings. The van der Waals surface area contributed by atoms with Crippen molar-refractivity contribution in [2.45, 2.75) is 27.7 Å². The Labute approximate surface area is 78.2 Å². The first kappa shape index (κ1) is 11.7. The van der Waals surface area contributed by atoms with Crippen LogP contribution in [0.1, 0.15) is 27.7 Å². The number of hydrogen-bond donors (Lipinski definition) is 2. The summed E-state index contributed by atoms with van der Waals surface area (Å²) in [6, 6.07) is -0.825. The molecule has 0 spiro atoms. The molecular formula is C9H16N2O2. The molecule has 0 aliphatic heterocycles. The van der Waals surface area contributed by atoms with Crippen LogP contribution in [0.3, 0.4) is 0 Å². The fourth-order valence-corrected chi connectivity index (χ4v) is 1.08. The predicted molar refractivity (Wildman–Crippen MR) is 50.9 cm³/mol. The van der Waals surface area contributed by atoms with Gasteiger partial charge in [0.05, 0.1) is 0 Å². The molecule has 0 aliphatic carbocycles. The Hall–Kier alpha value is -1.32. The van der Waals surface area contributed by atoms with Gasteiger partial charge >= 0.3 is 6.03 Å². The minimum absolute atomic E-state index is 0.283. The first-order valence-electron chi connectivity index (χ1n) is 4.06. The smallest absolute Gasteiger partial charge is 0.319 e. The summed E-state index contributed by atoms with van der Waals surface area (Å²) in [7, 11) is 0. The highest BCUT2D eigenvalue weighted by atomic mass is 16.2. The summed E-state index contributed by atoms with van der Waals surface area (Å²) in [6.45, 7) is 7.43. The molecule has 4 heteroatoms. The Bertz CT molecular complexity index is 249. The SMILES string of the molecule is C/C=C(/C(=O)NC(N)=O)C(C)(C)C. The van der Waals surface area contributed by atoms with E-state index in [4.69, 9.17) is 5.73 Å². The van der Waals surface area contributed by atoms with E-state index in [1.807, 2.05) is 26.1 Å². The van der Waals surface area contributed by atoms with Crippen LogP contribution in [0.15, 0.2) is 11.6 Å². The molecular weight excluding hydrogens is 168 g/mol. The van der Waals surface area contributed by atoms with E-state index in [9.17, 15) is 9.59 Å². The number of imide groups is 1. The molecule has 13 heavy (non-hydrogen) atoms. The van der Waals surface area contributed by atoms with E-state index in [1.54, 1.807) is 13.0 Å². The Morgan fingerprint density at radius 2 is 1.77 bits per heavy atom. The minimum Gasteiger partial charge on any atom is -0.351 e. The van der Waals surface area contributed by atoms with E-state index in [-0.39, 0.29) is 5.41 Å². The van der Waals surface area contributed by atoms with Gasteiger partial charge in [-0.1, -0.05) is 26.8 Å². The molecule has 3 N–H and O–H groups in total. The number of urea groups is 1. The molecule has 3 amide bonds. The number of nitrogens with one attached hydrogen (secondary N) is 1. The summed E-state index contributed by atoms with van der Waals surface area (Å²) in [5.41, 5.74) is 5.10. The van der Waals surface area contributed by atoms with Crippen LogP contribution in [-0.4, -0.2) is 11.9 Å². The van der Waals surface area contributed by atoms with E-state index in [2.05, 4.69) is 0 Å². The third-order valence-corrected chi connectivity index (χ3v) is 1.58. The van der Waals surface area contributed by atoms with Crippen molar-refractivity contribution in [1.29, 1.82) is 0 Å². The van der Waals surface area contributed by atoms with Gasteiger partial charge in [-0.25, -0.2) is 4.79 Å². The van der Waals surface area contributed by atoms with Gasteiger partial charge in [0.15, 0.2) is 0 Å². The summed E-state index contributed by atoms with van der Waals surface area (Å²) in [5.74, 6) is -0.428. The van der Waals surface area contributed by atoms with E-state index in [1.165, 1.54) is 0 Å². The van der Waals surface area contributed by atoms with Crippen molar-refractivity contribution in [2.75, 3.05) is 0 Å². The zero-order valence-corrected chi connectivity index (χ0v) is 8.47. The van der Waals surface area contributed by atoms with Gasteiger partial charge in [-0.2, -0.15) is 0 Å². The number of hydrogen-bond acceptors (Lipinski definition) is 2. The van der Waals surface area contributed by atoms with Gasteiger partial charge in [-0.3, -0.25) is 10.1 Å². The Morgan fingerprint density at radius 1 is 1.31 bits per heavy atom. The maximum atomic E-state index is 11.4. The van der Waals surface area contributed by atoms with Crippen LogP contribution >= 0.6 is 0 Å². The predicted octanol–water partition coefficient (Wildman–Crippen LogP) is 1.17. The third kappa shape index (κ3) is 3.73. The topological polar surface area (TPSA) is 72.2 Å². The van der Waals surface area contributed by atoms with Crippen LogP contribution in [0.5, 0.6) is 0 Å². The molecule has 74 valence electrons. The summed E-state index contributed by atoms with van der Waals surface area (Å²) in [5, 5.41) is 2.03. The molecule has 0 aromatic heterocycles. The molecule has 0 fully saturated rings. The lowest BCUT2D eigenvalue weighted by molar-refractivity contribution is -0.117. The number of rotatable bonds is 1. The fourth-order valence-electron chi connectivity index (χ4n) is 1.08. The highest BCUT2D eigenvalue weighted by Crippen LogP contribution is 2.24. The Balaban J connectivity index is 4.64. The highest BCUT2D eigenvalue weighted by Gasteiger charge is 2.23. The maximum absolute atomic E-state index is 11.4. The second-order valence-corrected chi connectivity index (χ2v) is 3.77. The van der Waals surface area contributed by atoms with Crippen molar-refractivity contribution >= 4 is 11.9 Å². The Kier molecular flexibility index (Phi) is 3.66. The maximum Gasteiger partial charge on any atom is 0.319 e. The van der Waals surface area contributed by atoms with Crippen molar-refractivity contribution in [2.24, 2.45) is 11.1 Å². The van der Waals surface area contributed by atoms with Gasteiger partial charge in [0.2, 0.25) is 0 Å². The van der Waals surface area contributed by atoms with Gasteiger partial charge in [0.1, 0.15) is 0 Å². The van der Waals surface area contributed by atoms with Crippen molar-refractivity contribution in [1.82, 2.24) is 5.32 Å². The van der Waals surface area contributed by atoms with E-state index in [0.29, 0.717) is 5.57 Å². The van der Waals surface area contributed by atoms with Crippen LogP contribution < -0.4 is 11.1 Å². The number of primary amides is 1. The number of allylic oxidation sites excluding steroid dienone is 1. The summed E-state index contributed by atoms with van der Waals surface area (Å²) >= 11 is 0. The van der Waals surface area contributed by atoms with Gasteiger partial charge in [-0.15, -0.1) is 0 Å². The number of carbonyl (C=O) groups is 2. The molecule has 0 atom stereocenters. The first-order chi connectivity index (χ1) is 5.79. The largest absolute Gasteiger partial charge is 0.351 e. The zero-order valence-electron chi connectivity index (χ0n) is 8.47. The third-order valence-electron chi connectivity index (χ3n) is 1.58. The van der Waals surface area contributed by atoms with Crippen LogP contribution in [0.25, 0.3) is 0 Å². The second-order valence-electron chi connectivity index (χ2n) is 3.77. The molecule has 0 bridgehead atoms. The fraction of sp³-hybridized carbons (Fsp3) is 0.556. The van der Waals surface area contributed by atoms with Gasteiger partial charge in [0, 0.05) is 5.57 Å². The Morgan fingerprint density at radius 3 is 2.00 bits per heavy atom. The second kappa shape index (κ2) is 4.07. The standard InChI is InChI=1S/C9H16N2O2/c1-5-6(9(2,3)4)7(12)11-8(10)13/h5H,1-4H3,(H3,10,11,12,13)/b6-5-. The minimum atomic E-state index is -0.825. The van der Waals surface area contributed by atoms with Crippen molar-refractivity contribution < 1.29 is 9.59 Å². The van der Waals surface area contributed by atoms with Gasteiger partial charge in [0.25, 0.3) is 5.91 Å². The van der Waals surface area contributed by atoms with E-state index < -0.39 is 11.9 Å². The normalized spacial score (nSPS) is 12.5. The van der Waals surface area contributed by atoms with E-state index in [0.717, 1.165) is 0 Å². The molecule has 0 unspecified atom stereocenters. The average molecular weight is 184 g/mol. The van der Waals surface area contributed by atoms with Crippen LogP contribution in [0, 0.1) is 5.41 Å². The molecule has 0 radical (unpaired) electrons. The molecule has 0 saturated carbocycles. The summed E-state index contributed by atoms with van der Waals surface area (Å²) in [6.07, 6.45) is 1.68. The van der Waals surface area contributed by atoms with Crippen molar-refractivity contribution in [3.05, 3.63) is 11.6 Å². The molecule has 0 rings (SSSR count). The van der Waals surface area contributed by atoms with Crippen molar-refractivity contribution in [3.8, 4) is 0 Å². The molecule has 4 nitrogen and oxygen atoms in total. The van der Waals surface area contributed by atoms with E-state index >= 15 is 0 Å². The quantitative estimate of drug-likeness (QED) is 0.600. The lowest BCUT2D eigenvalue weighted by Crippen LogP contribution is -2.38. The van der Waals surface area contributed by atoms with Gasteiger partial charge in [-0.05, 0) is 12.3 Å². The van der Waals surface area contributed by atoms with Crippen LogP contribution in [0.2, 0.25) is 0 Å². The zero-order chi connectivity index (χ0) is 10.6. The highest BCUT2D eigenvalue weighted by molar-refractivity contribution is 6.03. The lowest BCUT2D eigenvalue weighted by atomic mass is 9.86. The van der Waals surface area contributed by atoms with Crippen molar-refractivity contribution in [3.63, 3.8) is 0 Å². The monoisotopic (exact) mass is 184 g/mol. The lowest BCUT2D eigenvalue weighted by Gasteiger charge is -2.21. The number of nitrogens with two attached hydrogens (primary N) is 1. The summed E-state index contributed by atoms with van der Waals surface area (Å²) < 4.78 is 0. The summed E-state index contributed by atoms with van der Waals surface area (Å²) in [4.78, 5) is 21.8. The average Bonchev–Trinajstić information content (AvgIpc) is 1.82. The van der Waals surface area contributed by atoms with Gasteiger partial charge < -0.3 is 5.73 Å². The molecule has 0 heterocycles. The number of carbonyl (C=O) groups excluding carboxylic acids is 2. The van der Waals surface area contributed by atoms with Crippen LogP contribution in [0.4, 0.5) is 4.79 Å².